The van der Waals surface area contributed by atoms with E-state index in [4.69, 9.17) is 21.4 Å². The van der Waals surface area contributed by atoms with E-state index >= 15 is 0 Å². The Balaban J connectivity index is 1.81. The molecule has 3 aromatic rings. The predicted molar refractivity (Wildman–Crippen MR) is 99.8 cm³/mol. The van der Waals surface area contributed by atoms with Crippen molar-refractivity contribution in [3.05, 3.63) is 87.8 Å². The average Bonchev–Trinajstić information content (AvgIpc) is 2.64. The summed E-state index contributed by atoms with van der Waals surface area (Å²) in [6, 6.07) is 17.7. The number of aromatic nitrogens is 1. The minimum Gasteiger partial charge on any atom is -0.482 e. The van der Waals surface area contributed by atoms with E-state index in [1.54, 1.807) is 41.1 Å². The number of hydrogen-bond donors (Lipinski definition) is 1. The van der Waals surface area contributed by atoms with Crippen LogP contribution < -0.4 is 10.3 Å². The second-order valence-electron chi connectivity index (χ2n) is 5.72. The van der Waals surface area contributed by atoms with Crippen LogP contribution in [0, 0.1) is 0 Å². The Morgan fingerprint density at radius 2 is 1.62 bits per heavy atom. The molecule has 1 N–H and O–H groups in total. The highest BCUT2D eigenvalue weighted by Crippen LogP contribution is 2.22. The lowest BCUT2D eigenvalue weighted by molar-refractivity contribution is -0.139. The van der Waals surface area contributed by atoms with E-state index in [2.05, 4.69) is 0 Å². The molecule has 0 saturated carbocycles. The number of rotatable bonds is 6. The third-order valence-electron chi connectivity index (χ3n) is 3.80. The Morgan fingerprint density at radius 1 is 0.962 bits per heavy atom. The van der Waals surface area contributed by atoms with E-state index in [0.717, 1.165) is 16.7 Å². The first-order chi connectivity index (χ1) is 12.5. The maximum absolute atomic E-state index is 12.1. The number of carbonyl (C=O) groups is 1. The lowest BCUT2D eigenvalue weighted by atomic mass is 10.1. The molecule has 26 heavy (non-hydrogen) atoms. The molecule has 0 radical (unpaired) electrons. The minimum absolute atomic E-state index is 0.0925. The number of carboxylic acids is 1. The van der Waals surface area contributed by atoms with Crippen LogP contribution in [-0.2, 0) is 11.3 Å². The molecule has 0 amide bonds. The van der Waals surface area contributed by atoms with Gasteiger partial charge in [0.05, 0.1) is 6.54 Å². The molecular weight excluding hydrogens is 354 g/mol. The second-order valence-corrected chi connectivity index (χ2v) is 6.15. The van der Waals surface area contributed by atoms with Crippen molar-refractivity contribution in [3.63, 3.8) is 0 Å². The van der Waals surface area contributed by atoms with Crippen LogP contribution in [0.2, 0.25) is 5.02 Å². The van der Waals surface area contributed by atoms with Gasteiger partial charge in [-0.05, 0) is 47.0 Å². The molecule has 0 saturated heterocycles. The predicted octanol–water partition coefficient (Wildman–Crippen LogP) is 3.68. The molecule has 0 atom stereocenters. The number of carboxylic acid groups (broad SMARTS) is 1. The van der Waals surface area contributed by atoms with Crippen LogP contribution in [0.1, 0.15) is 5.56 Å². The van der Waals surface area contributed by atoms with Crippen LogP contribution >= 0.6 is 11.6 Å². The van der Waals surface area contributed by atoms with Crippen LogP contribution in [0.3, 0.4) is 0 Å². The van der Waals surface area contributed by atoms with Crippen molar-refractivity contribution in [2.75, 3.05) is 6.61 Å². The molecule has 1 aromatic heterocycles. The van der Waals surface area contributed by atoms with Crippen LogP contribution in [0.15, 0.2) is 71.7 Å². The third-order valence-corrected chi connectivity index (χ3v) is 4.05. The second kappa shape index (κ2) is 7.89. The normalized spacial score (nSPS) is 10.5. The van der Waals surface area contributed by atoms with Gasteiger partial charge in [-0.15, -0.1) is 0 Å². The van der Waals surface area contributed by atoms with Gasteiger partial charge in [0.2, 0.25) is 0 Å². The molecule has 0 aliphatic heterocycles. The number of aliphatic carboxylic acids is 1. The fourth-order valence-electron chi connectivity index (χ4n) is 2.50. The van der Waals surface area contributed by atoms with Crippen molar-refractivity contribution >= 4 is 17.6 Å². The first kappa shape index (κ1) is 17.8. The van der Waals surface area contributed by atoms with E-state index in [9.17, 15) is 9.59 Å². The summed E-state index contributed by atoms with van der Waals surface area (Å²) in [4.78, 5) is 22.7. The third kappa shape index (κ3) is 4.52. The van der Waals surface area contributed by atoms with Gasteiger partial charge in [0, 0.05) is 17.3 Å². The quantitative estimate of drug-likeness (QED) is 0.719. The summed E-state index contributed by atoms with van der Waals surface area (Å²) in [6.07, 6.45) is 1.80. The highest BCUT2D eigenvalue weighted by atomic mass is 35.5. The highest BCUT2D eigenvalue weighted by molar-refractivity contribution is 6.30. The van der Waals surface area contributed by atoms with Gasteiger partial charge in [0.1, 0.15) is 5.75 Å². The Labute approximate surface area is 155 Å². The van der Waals surface area contributed by atoms with Crippen LogP contribution in [-0.4, -0.2) is 22.2 Å². The molecular formula is C20H16ClNO4. The highest BCUT2D eigenvalue weighted by Gasteiger charge is 2.04. The van der Waals surface area contributed by atoms with Gasteiger partial charge in [-0.25, -0.2) is 4.79 Å². The van der Waals surface area contributed by atoms with Gasteiger partial charge in [-0.1, -0.05) is 35.9 Å². The SMILES string of the molecule is O=C(O)COc1ccc(-c2ccc(=O)n(Cc3ccc(Cl)cc3)c2)cc1. The summed E-state index contributed by atoms with van der Waals surface area (Å²) in [6.45, 7) is 0.0645. The molecule has 0 aliphatic rings. The Morgan fingerprint density at radius 3 is 2.27 bits per heavy atom. The molecule has 3 rings (SSSR count). The number of pyridine rings is 1. The Hall–Kier alpha value is -3.05. The van der Waals surface area contributed by atoms with Crippen molar-refractivity contribution in [3.8, 4) is 16.9 Å². The monoisotopic (exact) mass is 369 g/mol. The largest absolute Gasteiger partial charge is 0.482 e. The van der Waals surface area contributed by atoms with Crippen molar-refractivity contribution in [2.45, 2.75) is 6.54 Å². The van der Waals surface area contributed by atoms with Crippen molar-refractivity contribution < 1.29 is 14.6 Å². The summed E-state index contributed by atoms with van der Waals surface area (Å²) in [5.41, 5.74) is 2.66. The van der Waals surface area contributed by atoms with E-state index in [-0.39, 0.29) is 12.2 Å². The molecule has 0 aliphatic carbocycles. The van der Waals surface area contributed by atoms with Gasteiger partial charge < -0.3 is 14.4 Å². The number of hydrogen-bond acceptors (Lipinski definition) is 3. The molecule has 0 spiro atoms. The summed E-state index contributed by atoms with van der Waals surface area (Å²) in [7, 11) is 0. The summed E-state index contributed by atoms with van der Waals surface area (Å²) >= 11 is 5.89. The summed E-state index contributed by atoms with van der Waals surface area (Å²) in [5, 5.41) is 9.29. The van der Waals surface area contributed by atoms with Crippen LogP contribution in [0.4, 0.5) is 0 Å². The zero-order valence-electron chi connectivity index (χ0n) is 13.8. The minimum atomic E-state index is -1.02. The molecule has 132 valence electrons. The lowest BCUT2D eigenvalue weighted by Crippen LogP contribution is -2.19. The van der Waals surface area contributed by atoms with Crippen molar-refractivity contribution in [1.82, 2.24) is 4.57 Å². The lowest BCUT2D eigenvalue weighted by Gasteiger charge is -2.10. The molecule has 6 heteroatoms. The number of halogens is 1. The fraction of sp³-hybridized carbons (Fsp3) is 0.100. The molecule has 0 bridgehead atoms. The summed E-state index contributed by atoms with van der Waals surface area (Å²) < 4.78 is 6.76. The van der Waals surface area contributed by atoms with Crippen LogP contribution in [0.25, 0.3) is 11.1 Å². The Bertz CT molecular complexity index is 962. The maximum Gasteiger partial charge on any atom is 0.341 e. The van der Waals surface area contributed by atoms with E-state index in [1.807, 2.05) is 24.3 Å². The molecule has 1 heterocycles. The Kier molecular flexibility index (Phi) is 5.39. The molecule has 0 unspecified atom stereocenters. The fourth-order valence-corrected chi connectivity index (χ4v) is 2.63. The van der Waals surface area contributed by atoms with E-state index in [0.29, 0.717) is 17.3 Å². The molecule has 0 fully saturated rings. The van der Waals surface area contributed by atoms with Crippen molar-refractivity contribution in [1.29, 1.82) is 0 Å². The topological polar surface area (TPSA) is 68.5 Å². The standard InChI is InChI=1S/C20H16ClNO4/c21-17-6-1-14(2-7-17)11-22-12-16(5-10-19(22)23)15-3-8-18(9-4-15)26-13-20(24)25/h1-10,12H,11,13H2,(H,24,25). The van der Waals surface area contributed by atoms with Crippen LogP contribution in [0.5, 0.6) is 5.75 Å². The first-order valence-electron chi connectivity index (χ1n) is 7.91. The van der Waals surface area contributed by atoms with Gasteiger partial charge in [-0.2, -0.15) is 0 Å². The zero-order chi connectivity index (χ0) is 18.5. The van der Waals surface area contributed by atoms with Gasteiger partial charge in [0.25, 0.3) is 5.56 Å². The first-order valence-corrected chi connectivity index (χ1v) is 8.29. The smallest absolute Gasteiger partial charge is 0.341 e. The van der Waals surface area contributed by atoms with Gasteiger partial charge in [-0.3, -0.25) is 4.79 Å². The van der Waals surface area contributed by atoms with E-state index in [1.165, 1.54) is 6.07 Å². The maximum atomic E-state index is 12.1. The van der Waals surface area contributed by atoms with Gasteiger partial charge in [0.15, 0.2) is 6.61 Å². The van der Waals surface area contributed by atoms with Crippen molar-refractivity contribution in [2.24, 2.45) is 0 Å². The molecule has 2 aromatic carbocycles. The average molecular weight is 370 g/mol. The van der Waals surface area contributed by atoms with Gasteiger partial charge >= 0.3 is 5.97 Å². The number of benzene rings is 2. The number of nitrogens with zero attached hydrogens (tertiary/aromatic N) is 1. The number of ether oxygens (including phenoxy) is 1. The molecule has 5 nitrogen and oxygen atoms in total. The zero-order valence-corrected chi connectivity index (χ0v) is 14.5. The summed E-state index contributed by atoms with van der Waals surface area (Å²) in [5.74, 6) is -0.547. The van der Waals surface area contributed by atoms with E-state index < -0.39 is 5.97 Å².